The van der Waals surface area contributed by atoms with Gasteiger partial charge in [0.05, 0.1) is 35.8 Å². The normalized spacial score (nSPS) is 15.4. The van der Waals surface area contributed by atoms with Crippen molar-refractivity contribution in [2.24, 2.45) is 0 Å². The minimum absolute atomic E-state index is 0.0741. The first-order chi connectivity index (χ1) is 16.1. The molecule has 9 nitrogen and oxygen atoms in total. The molecule has 3 heterocycles. The number of aromatic nitrogens is 5. The van der Waals surface area contributed by atoms with Crippen LogP contribution in [-0.2, 0) is 0 Å². The van der Waals surface area contributed by atoms with Crippen molar-refractivity contribution in [1.82, 2.24) is 30.0 Å². The smallest absolute Gasteiger partial charge is 0.256 e. The number of ether oxygens (including phenoxy) is 1. The van der Waals surface area contributed by atoms with Crippen LogP contribution in [0, 0.1) is 12.7 Å². The molecular weight excluding hydrogens is 427 g/mol. The summed E-state index contributed by atoms with van der Waals surface area (Å²) < 4.78 is 25.1. The van der Waals surface area contributed by atoms with E-state index in [1.54, 1.807) is 36.4 Å². The zero-order chi connectivity index (χ0) is 22.9. The highest BCUT2D eigenvalue weighted by atomic mass is 19.1. The summed E-state index contributed by atoms with van der Waals surface area (Å²) in [7, 11) is 0. The largest absolute Gasteiger partial charge is 0.490 e. The highest BCUT2D eigenvalue weighted by molar-refractivity contribution is 5.98. The molecule has 5 rings (SSSR count). The zero-order valence-corrected chi connectivity index (χ0v) is 18.1. The van der Waals surface area contributed by atoms with E-state index in [1.807, 2.05) is 25.1 Å². The zero-order valence-electron chi connectivity index (χ0n) is 18.1. The van der Waals surface area contributed by atoms with Crippen LogP contribution in [-0.4, -0.2) is 49.1 Å². The lowest BCUT2D eigenvalue weighted by Gasteiger charge is -2.38. The molecule has 1 aliphatic rings. The summed E-state index contributed by atoms with van der Waals surface area (Å²) in [6.45, 7) is 4.54. The van der Waals surface area contributed by atoms with Gasteiger partial charge in [0.25, 0.3) is 5.91 Å². The molecule has 0 radical (unpaired) electrons. The molecule has 10 heteroatoms. The topological polar surface area (TPSA) is 99.2 Å². The van der Waals surface area contributed by atoms with Crippen LogP contribution >= 0.6 is 0 Å². The van der Waals surface area contributed by atoms with Crippen LogP contribution in [0.1, 0.15) is 41.2 Å². The lowest BCUT2D eigenvalue weighted by molar-refractivity contribution is 0.0378. The molecule has 0 N–H and O–H groups in total. The third-order valence-electron chi connectivity index (χ3n) is 5.52. The van der Waals surface area contributed by atoms with Gasteiger partial charge in [0.1, 0.15) is 6.04 Å². The van der Waals surface area contributed by atoms with Gasteiger partial charge in [0, 0.05) is 6.54 Å². The molecule has 0 bridgehead atoms. The number of nitrogens with zero attached hydrogens (tertiary/aromatic N) is 6. The second kappa shape index (κ2) is 8.45. The Morgan fingerprint density at radius 2 is 2.06 bits per heavy atom. The quantitative estimate of drug-likeness (QED) is 0.443. The van der Waals surface area contributed by atoms with Crippen molar-refractivity contribution in [2.75, 3.05) is 13.2 Å². The fraction of sp³-hybridized carbons (Fsp3) is 0.261. The molecule has 1 unspecified atom stereocenters. The van der Waals surface area contributed by atoms with Crippen molar-refractivity contribution in [3.8, 4) is 22.8 Å². The predicted octanol–water partition coefficient (Wildman–Crippen LogP) is 3.75. The molecule has 0 spiro atoms. The van der Waals surface area contributed by atoms with Crippen LogP contribution in [0.15, 0.2) is 53.3 Å². The molecule has 168 valence electrons. The van der Waals surface area contributed by atoms with Gasteiger partial charge in [-0.2, -0.15) is 20.0 Å². The standard InChI is InChI=1S/C23H21FN6O3/c1-3-32-20-15(5-4-6-17(20)24)21-27-22(33-28-21)19-9-12-29(19)23(31)16-13-14(2)7-8-18(16)30-25-10-11-26-30/h4-8,10-11,13,19H,3,9,12H2,1-2H3. The molecule has 0 aliphatic carbocycles. The van der Waals surface area contributed by atoms with Crippen LogP contribution in [0.2, 0.25) is 0 Å². The predicted molar refractivity (Wildman–Crippen MR) is 115 cm³/mol. The lowest BCUT2D eigenvalue weighted by Crippen LogP contribution is -2.45. The van der Waals surface area contributed by atoms with Crippen LogP contribution in [0.4, 0.5) is 4.39 Å². The van der Waals surface area contributed by atoms with Gasteiger partial charge in [-0.3, -0.25) is 4.79 Å². The first kappa shape index (κ1) is 20.8. The van der Waals surface area contributed by atoms with Crippen LogP contribution in [0.3, 0.4) is 0 Å². The third-order valence-corrected chi connectivity index (χ3v) is 5.52. The molecule has 1 amide bonds. The fourth-order valence-electron chi connectivity index (χ4n) is 3.83. The molecule has 2 aromatic carbocycles. The summed E-state index contributed by atoms with van der Waals surface area (Å²) in [6.07, 6.45) is 3.79. The molecule has 1 atom stereocenters. The summed E-state index contributed by atoms with van der Waals surface area (Å²) in [6, 6.07) is 9.71. The summed E-state index contributed by atoms with van der Waals surface area (Å²) in [5, 5.41) is 12.3. The van der Waals surface area contributed by atoms with Crippen LogP contribution < -0.4 is 4.74 Å². The van der Waals surface area contributed by atoms with Gasteiger partial charge in [-0.15, -0.1) is 0 Å². The Morgan fingerprint density at radius 1 is 1.24 bits per heavy atom. The number of carbonyl (C=O) groups excluding carboxylic acids is 1. The van der Waals surface area contributed by atoms with Crippen molar-refractivity contribution < 1.29 is 18.4 Å². The number of amides is 1. The minimum atomic E-state index is -0.500. The van der Waals surface area contributed by atoms with Gasteiger partial charge in [0.2, 0.25) is 11.7 Å². The highest BCUT2D eigenvalue weighted by Gasteiger charge is 2.39. The third kappa shape index (κ3) is 3.73. The molecule has 33 heavy (non-hydrogen) atoms. The number of halogens is 1. The van der Waals surface area contributed by atoms with Crippen molar-refractivity contribution in [1.29, 1.82) is 0 Å². The van der Waals surface area contributed by atoms with E-state index in [0.29, 0.717) is 42.3 Å². The Kier molecular flexibility index (Phi) is 5.33. The van der Waals surface area contributed by atoms with Gasteiger partial charge in [0.15, 0.2) is 11.6 Å². The number of likely N-dealkylation sites (tertiary alicyclic amines) is 1. The summed E-state index contributed by atoms with van der Waals surface area (Å²) >= 11 is 0. The molecule has 4 aromatic rings. The van der Waals surface area contributed by atoms with E-state index in [1.165, 1.54) is 10.9 Å². The number of hydrogen-bond donors (Lipinski definition) is 0. The van der Waals surface area contributed by atoms with Gasteiger partial charge in [-0.05, 0) is 44.5 Å². The van der Waals surface area contributed by atoms with Gasteiger partial charge in [-0.1, -0.05) is 22.9 Å². The second-order valence-electron chi connectivity index (χ2n) is 7.65. The number of rotatable bonds is 6. The maximum Gasteiger partial charge on any atom is 0.256 e. The van der Waals surface area contributed by atoms with E-state index in [0.717, 1.165) is 5.56 Å². The van der Waals surface area contributed by atoms with E-state index in [9.17, 15) is 9.18 Å². The number of hydrogen-bond acceptors (Lipinski definition) is 7. The maximum absolute atomic E-state index is 14.2. The maximum atomic E-state index is 14.2. The molecule has 0 saturated carbocycles. The van der Waals surface area contributed by atoms with Crippen molar-refractivity contribution in [3.63, 3.8) is 0 Å². The Labute approximate surface area is 188 Å². The minimum Gasteiger partial charge on any atom is -0.490 e. The van der Waals surface area contributed by atoms with E-state index in [-0.39, 0.29) is 23.5 Å². The average molecular weight is 448 g/mol. The molecule has 1 saturated heterocycles. The van der Waals surface area contributed by atoms with Crippen LogP contribution in [0.25, 0.3) is 17.1 Å². The first-order valence-electron chi connectivity index (χ1n) is 10.6. The Morgan fingerprint density at radius 3 is 2.79 bits per heavy atom. The summed E-state index contributed by atoms with van der Waals surface area (Å²) in [5.74, 6) is -0.0971. The Balaban J connectivity index is 1.44. The van der Waals surface area contributed by atoms with Crippen molar-refractivity contribution >= 4 is 5.91 Å². The monoisotopic (exact) mass is 448 g/mol. The number of aryl methyl sites for hydroxylation is 1. The first-order valence-corrected chi connectivity index (χ1v) is 10.6. The average Bonchev–Trinajstić information content (AvgIpc) is 3.47. The van der Waals surface area contributed by atoms with Crippen molar-refractivity contribution in [2.45, 2.75) is 26.3 Å². The van der Waals surface area contributed by atoms with Crippen LogP contribution in [0.5, 0.6) is 5.75 Å². The molecule has 1 fully saturated rings. The number of para-hydroxylation sites is 1. The summed E-state index contributed by atoms with van der Waals surface area (Å²) in [5.41, 5.74) is 2.42. The lowest BCUT2D eigenvalue weighted by atomic mass is 9.99. The second-order valence-corrected chi connectivity index (χ2v) is 7.65. The van der Waals surface area contributed by atoms with E-state index in [4.69, 9.17) is 9.26 Å². The fourth-order valence-corrected chi connectivity index (χ4v) is 3.83. The molecule has 2 aromatic heterocycles. The van der Waals surface area contributed by atoms with E-state index < -0.39 is 5.82 Å². The summed E-state index contributed by atoms with van der Waals surface area (Å²) in [4.78, 5) is 21.0. The van der Waals surface area contributed by atoms with Gasteiger partial charge < -0.3 is 14.2 Å². The van der Waals surface area contributed by atoms with Crippen molar-refractivity contribution in [3.05, 3.63) is 71.6 Å². The Bertz CT molecular complexity index is 1300. The van der Waals surface area contributed by atoms with Gasteiger partial charge in [-0.25, -0.2) is 4.39 Å². The SMILES string of the molecule is CCOc1c(F)cccc1-c1noc(C2CCN2C(=O)c2cc(C)ccc2-n2nccn2)n1. The number of carbonyl (C=O) groups is 1. The van der Waals surface area contributed by atoms with E-state index >= 15 is 0 Å². The molecule has 1 aliphatic heterocycles. The van der Waals surface area contributed by atoms with E-state index in [2.05, 4.69) is 20.3 Å². The highest BCUT2D eigenvalue weighted by Crippen LogP contribution is 2.37. The Hall–Kier alpha value is -4.08. The molecular formula is C23H21FN6O3. The number of benzene rings is 2. The van der Waals surface area contributed by atoms with Gasteiger partial charge >= 0.3 is 0 Å².